The van der Waals surface area contributed by atoms with Crippen molar-refractivity contribution in [3.05, 3.63) is 23.8 Å². The van der Waals surface area contributed by atoms with Gasteiger partial charge in [-0.3, -0.25) is 4.79 Å². The summed E-state index contributed by atoms with van der Waals surface area (Å²) in [6.07, 6.45) is -5.04. The standard InChI is InChI=1S/C11H13F3N2O3S/c1-7-4-5-8(15-10(17)11(12,13)14)6-9(7)20(18,19)16(2)3/h4-6H,1-3H3,(H,15,17). The zero-order chi connectivity index (χ0) is 15.7. The molecule has 20 heavy (non-hydrogen) atoms. The summed E-state index contributed by atoms with van der Waals surface area (Å²) in [5.41, 5.74) is 0.127. The Morgan fingerprint density at radius 2 is 1.80 bits per heavy atom. The normalized spacial score (nSPS) is 12.6. The molecule has 1 aromatic rings. The quantitative estimate of drug-likeness (QED) is 0.925. The minimum atomic E-state index is -5.04. The predicted molar refractivity (Wildman–Crippen MR) is 66.7 cm³/mol. The molecule has 0 atom stereocenters. The highest BCUT2D eigenvalue weighted by Crippen LogP contribution is 2.24. The van der Waals surface area contributed by atoms with Crippen molar-refractivity contribution in [3.8, 4) is 0 Å². The molecule has 0 spiro atoms. The maximum atomic E-state index is 12.1. The fraction of sp³-hybridized carbons (Fsp3) is 0.364. The minimum Gasteiger partial charge on any atom is -0.318 e. The molecule has 1 amide bonds. The number of amides is 1. The summed E-state index contributed by atoms with van der Waals surface area (Å²) in [7, 11) is -1.20. The van der Waals surface area contributed by atoms with Crippen LogP contribution in [0.4, 0.5) is 18.9 Å². The molecule has 1 N–H and O–H groups in total. The summed E-state index contributed by atoms with van der Waals surface area (Å²) in [5.74, 6) is -2.16. The Kier molecular flexibility index (Phi) is 4.45. The number of alkyl halides is 3. The van der Waals surface area contributed by atoms with Gasteiger partial charge in [0.05, 0.1) is 4.90 Å². The third-order valence-electron chi connectivity index (χ3n) is 2.46. The molecule has 5 nitrogen and oxygen atoms in total. The van der Waals surface area contributed by atoms with Crippen molar-refractivity contribution in [2.45, 2.75) is 18.0 Å². The second kappa shape index (κ2) is 5.41. The average molecular weight is 310 g/mol. The fourth-order valence-corrected chi connectivity index (χ4v) is 2.50. The second-order valence-electron chi connectivity index (χ2n) is 4.22. The van der Waals surface area contributed by atoms with Gasteiger partial charge in [-0.25, -0.2) is 12.7 Å². The van der Waals surface area contributed by atoms with Gasteiger partial charge in [-0.15, -0.1) is 0 Å². The van der Waals surface area contributed by atoms with E-state index in [1.807, 2.05) is 0 Å². The van der Waals surface area contributed by atoms with Gasteiger partial charge in [0.2, 0.25) is 10.0 Å². The first kappa shape index (κ1) is 16.4. The number of aryl methyl sites for hydroxylation is 1. The van der Waals surface area contributed by atoms with Gasteiger partial charge in [-0.2, -0.15) is 13.2 Å². The summed E-state index contributed by atoms with van der Waals surface area (Å²) in [6, 6.07) is 3.52. The smallest absolute Gasteiger partial charge is 0.318 e. The van der Waals surface area contributed by atoms with E-state index in [0.717, 1.165) is 10.4 Å². The van der Waals surface area contributed by atoms with Crippen LogP contribution in [0.1, 0.15) is 5.56 Å². The van der Waals surface area contributed by atoms with Gasteiger partial charge in [0.15, 0.2) is 0 Å². The molecule has 0 saturated heterocycles. The van der Waals surface area contributed by atoms with E-state index in [0.29, 0.717) is 5.56 Å². The maximum Gasteiger partial charge on any atom is 0.471 e. The number of nitrogens with one attached hydrogen (secondary N) is 1. The molecule has 0 heterocycles. The van der Waals surface area contributed by atoms with Crippen molar-refractivity contribution >= 4 is 21.6 Å². The number of hydrogen-bond acceptors (Lipinski definition) is 3. The molecule has 0 bridgehead atoms. The highest BCUT2D eigenvalue weighted by molar-refractivity contribution is 7.89. The lowest BCUT2D eigenvalue weighted by Crippen LogP contribution is -2.30. The third-order valence-corrected chi connectivity index (χ3v) is 4.42. The van der Waals surface area contributed by atoms with E-state index in [-0.39, 0.29) is 10.6 Å². The van der Waals surface area contributed by atoms with Crippen LogP contribution in [0.25, 0.3) is 0 Å². The number of carbonyl (C=O) groups excluding carboxylic acids is 1. The monoisotopic (exact) mass is 310 g/mol. The predicted octanol–water partition coefficient (Wildman–Crippen LogP) is 1.75. The first-order chi connectivity index (χ1) is 8.96. The number of nitrogens with zero attached hydrogens (tertiary/aromatic N) is 1. The molecule has 0 aliphatic carbocycles. The molecule has 9 heteroatoms. The molecule has 0 aliphatic rings. The van der Waals surface area contributed by atoms with Crippen molar-refractivity contribution in [3.63, 3.8) is 0 Å². The SMILES string of the molecule is Cc1ccc(NC(=O)C(F)(F)F)cc1S(=O)(=O)N(C)C. The van der Waals surface area contributed by atoms with Crippen LogP contribution in [-0.4, -0.2) is 38.9 Å². The van der Waals surface area contributed by atoms with E-state index in [1.165, 1.54) is 33.2 Å². The van der Waals surface area contributed by atoms with Crippen LogP contribution in [0.3, 0.4) is 0 Å². The van der Waals surface area contributed by atoms with Gasteiger partial charge in [0.1, 0.15) is 0 Å². The lowest BCUT2D eigenvalue weighted by atomic mass is 10.2. The molecule has 0 aliphatic heterocycles. The first-order valence-corrected chi connectivity index (χ1v) is 6.81. The highest BCUT2D eigenvalue weighted by Gasteiger charge is 2.38. The fourth-order valence-electron chi connectivity index (χ4n) is 1.35. The van der Waals surface area contributed by atoms with Gasteiger partial charge < -0.3 is 5.32 Å². The molecule has 0 fully saturated rings. The van der Waals surface area contributed by atoms with Crippen LogP contribution in [0, 0.1) is 6.92 Å². The van der Waals surface area contributed by atoms with Gasteiger partial charge in [0.25, 0.3) is 0 Å². The number of hydrogen-bond donors (Lipinski definition) is 1. The third kappa shape index (κ3) is 3.48. The van der Waals surface area contributed by atoms with Crippen LogP contribution < -0.4 is 5.32 Å². The van der Waals surface area contributed by atoms with Gasteiger partial charge in [0, 0.05) is 19.8 Å². The van der Waals surface area contributed by atoms with E-state index in [4.69, 9.17) is 0 Å². The summed E-state index contributed by atoms with van der Waals surface area (Å²) in [4.78, 5) is 10.7. The second-order valence-corrected chi connectivity index (χ2v) is 6.34. The van der Waals surface area contributed by atoms with Gasteiger partial charge >= 0.3 is 12.1 Å². The maximum absolute atomic E-state index is 12.1. The van der Waals surface area contributed by atoms with Crippen LogP contribution in [0.15, 0.2) is 23.1 Å². The van der Waals surface area contributed by atoms with Gasteiger partial charge in [-0.1, -0.05) is 6.07 Å². The zero-order valence-electron chi connectivity index (χ0n) is 10.9. The van der Waals surface area contributed by atoms with E-state index in [1.54, 1.807) is 5.32 Å². The number of benzene rings is 1. The first-order valence-electron chi connectivity index (χ1n) is 5.37. The Labute approximate surface area is 114 Å². The molecular formula is C11H13F3N2O3S. The molecule has 0 radical (unpaired) electrons. The Balaban J connectivity index is 3.20. The summed E-state index contributed by atoms with van der Waals surface area (Å²) >= 11 is 0. The molecule has 0 aromatic heterocycles. The van der Waals surface area contributed by atoms with Crippen LogP contribution >= 0.6 is 0 Å². The Bertz CT molecular complexity index is 624. The van der Waals surface area contributed by atoms with Crippen LogP contribution in [0.2, 0.25) is 0 Å². The molecule has 0 unspecified atom stereocenters. The molecular weight excluding hydrogens is 297 g/mol. The molecule has 1 rings (SSSR count). The van der Waals surface area contributed by atoms with Crippen LogP contribution in [-0.2, 0) is 14.8 Å². The van der Waals surface area contributed by atoms with Gasteiger partial charge in [-0.05, 0) is 24.6 Å². The number of halogens is 3. The van der Waals surface area contributed by atoms with E-state index in [9.17, 15) is 26.4 Å². The van der Waals surface area contributed by atoms with Crippen molar-refractivity contribution in [1.29, 1.82) is 0 Å². The lowest BCUT2D eigenvalue weighted by Gasteiger charge is -2.15. The van der Waals surface area contributed by atoms with E-state index < -0.39 is 22.1 Å². The lowest BCUT2D eigenvalue weighted by molar-refractivity contribution is -0.167. The van der Waals surface area contributed by atoms with Crippen molar-refractivity contribution < 1.29 is 26.4 Å². The largest absolute Gasteiger partial charge is 0.471 e. The van der Waals surface area contributed by atoms with Crippen molar-refractivity contribution in [2.24, 2.45) is 0 Å². The van der Waals surface area contributed by atoms with Crippen molar-refractivity contribution in [1.82, 2.24) is 4.31 Å². The Morgan fingerprint density at radius 3 is 2.25 bits per heavy atom. The van der Waals surface area contributed by atoms with Crippen LogP contribution in [0.5, 0.6) is 0 Å². The summed E-state index contributed by atoms with van der Waals surface area (Å²) in [5, 5.41) is 1.61. The number of rotatable bonds is 3. The summed E-state index contributed by atoms with van der Waals surface area (Å²) < 4.78 is 61.3. The minimum absolute atomic E-state index is 0.164. The topological polar surface area (TPSA) is 66.5 Å². The molecule has 112 valence electrons. The Morgan fingerprint density at radius 1 is 1.25 bits per heavy atom. The molecule has 0 saturated carbocycles. The molecule has 1 aromatic carbocycles. The summed E-state index contributed by atoms with van der Waals surface area (Å²) in [6.45, 7) is 1.51. The van der Waals surface area contributed by atoms with Crippen molar-refractivity contribution in [2.75, 3.05) is 19.4 Å². The zero-order valence-corrected chi connectivity index (χ0v) is 11.8. The average Bonchev–Trinajstić information content (AvgIpc) is 2.29. The number of sulfonamides is 1. The number of carbonyl (C=O) groups is 1. The number of anilines is 1. The van der Waals surface area contributed by atoms with E-state index in [2.05, 4.69) is 0 Å². The van der Waals surface area contributed by atoms with E-state index >= 15 is 0 Å². The Hall–Kier alpha value is -1.61. The highest BCUT2D eigenvalue weighted by atomic mass is 32.2.